The molecule has 0 atom stereocenters. The summed E-state index contributed by atoms with van der Waals surface area (Å²) in [6.07, 6.45) is 0.966. The van der Waals surface area contributed by atoms with Gasteiger partial charge in [0.15, 0.2) is 0 Å². The van der Waals surface area contributed by atoms with E-state index in [0.29, 0.717) is 0 Å². The maximum absolute atomic E-state index is 12.6. The summed E-state index contributed by atoms with van der Waals surface area (Å²) in [4.78, 5) is 3.62. The Morgan fingerprint density at radius 2 is 2.31 bits per heavy atom. The number of hydrogen-bond acceptors (Lipinski definition) is 4. The van der Waals surface area contributed by atoms with Gasteiger partial charge in [0.2, 0.25) is 0 Å². The number of anilines is 1. The molecule has 70 valence electrons. The molecule has 0 saturated carbocycles. The van der Waals surface area contributed by atoms with Gasteiger partial charge in [0, 0.05) is 0 Å². The van der Waals surface area contributed by atoms with Gasteiger partial charge in [-0.05, 0) is 18.2 Å². The van der Waals surface area contributed by atoms with Gasteiger partial charge in [-0.3, -0.25) is 10.7 Å². The maximum Gasteiger partial charge on any atom is 0.125 e. The van der Waals surface area contributed by atoms with E-state index in [9.17, 15) is 9.60 Å². The van der Waals surface area contributed by atoms with Crippen LogP contribution in [0.4, 0.5) is 15.8 Å². The molecule has 0 bridgehead atoms. The molecule has 0 amide bonds. The average molecular weight is 184 g/mol. The number of halogens is 1. The Kier molecular flexibility index (Phi) is 3.18. The highest BCUT2D eigenvalue weighted by Crippen LogP contribution is 2.24. The SMILES string of the molecule is [O-]Nc1cc(F)ccc1N=CNO. The molecule has 6 heteroatoms. The van der Waals surface area contributed by atoms with E-state index in [-0.39, 0.29) is 11.4 Å². The molecule has 0 aliphatic carbocycles. The van der Waals surface area contributed by atoms with Crippen LogP contribution in [0.2, 0.25) is 0 Å². The first-order valence-corrected chi connectivity index (χ1v) is 3.38. The summed E-state index contributed by atoms with van der Waals surface area (Å²) in [7, 11) is 0. The lowest BCUT2D eigenvalue weighted by Gasteiger charge is -2.11. The van der Waals surface area contributed by atoms with Crippen LogP contribution in [0, 0.1) is 11.0 Å². The van der Waals surface area contributed by atoms with E-state index >= 15 is 0 Å². The number of nitrogens with one attached hydrogen (secondary N) is 2. The van der Waals surface area contributed by atoms with Crippen molar-refractivity contribution in [2.75, 3.05) is 5.48 Å². The van der Waals surface area contributed by atoms with Crippen LogP contribution in [0.5, 0.6) is 0 Å². The molecule has 0 aliphatic rings. The number of hydroxylamine groups is 1. The first-order valence-electron chi connectivity index (χ1n) is 3.38. The van der Waals surface area contributed by atoms with Crippen LogP contribution in [-0.4, -0.2) is 11.5 Å². The van der Waals surface area contributed by atoms with Gasteiger partial charge < -0.3 is 10.7 Å². The van der Waals surface area contributed by atoms with Gasteiger partial charge in [-0.25, -0.2) is 9.38 Å². The van der Waals surface area contributed by atoms with Crippen molar-refractivity contribution >= 4 is 17.7 Å². The molecule has 0 fully saturated rings. The lowest BCUT2D eigenvalue weighted by atomic mass is 10.3. The zero-order chi connectivity index (χ0) is 9.68. The summed E-state index contributed by atoms with van der Waals surface area (Å²) < 4.78 is 12.6. The maximum atomic E-state index is 12.6. The standard InChI is InChI=1S/C7H7FN3O2/c8-5-1-2-6(9-4-10-12)7(3-5)11-13/h1-4,11-12H,(H,9,10)/q-1. The zero-order valence-electron chi connectivity index (χ0n) is 6.49. The minimum atomic E-state index is -0.533. The normalized spacial score (nSPS) is 10.4. The lowest BCUT2D eigenvalue weighted by Crippen LogP contribution is -2.01. The van der Waals surface area contributed by atoms with Crippen LogP contribution in [0.15, 0.2) is 23.2 Å². The summed E-state index contributed by atoms with van der Waals surface area (Å²) in [6.45, 7) is 0. The monoisotopic (exact) mass is 184 g/mol. The first-order chi connectivity index (χ1) is 6.27. The van der Waals surface area contributed by atoms with Gasteiger partial charge in [-0.15, -0.1) is 0 Å². The third-order valence-electron chi connectivity index (χ3n) is 1.33. The molecule has 3 N–H and O–H groups in total. The fraction of sp³-hybridized carbons (Fsp3) is 0. The zero-order valence-corrected chi connectivity index (χ0v) is 6.49. The third-order valence-corrected chi connectivity index (χ3v) is 1.33. The van der Waals surface area contributed by atoms with Gasteiger partial charge in [0.25, 0.3) is 0 Å². The topological polar surface area (TPSA) is 79.7 Å². The van der Waals surface area contributed by atoms with Crippen LogP contribution >= 0.6 is 0 Å². The Morgan fingerprint density at radius 1 is 1.54 bits per heavy atom. The van der Waals surface area contributed by atoms with Crippen molar-refractivity contribution in [2.45, 2.75) is 0 Å². The first kappa shape index (κ1) is 9.43. The quantitative estimate of drug-likeness (QED) is 0.376. The van der Waals surface area contributed by atoms with E-state index < -0.39 is 5.82 Å². The highest BCUT2D eigenvalue weighted by molar-refractivity contribution is 5.71. The highest BCUT2D eigenvalue weighted by Gasteiger charge is 1.98. The number of aliphatic imine (C=N–C) groups is 1. The predicted octanol–water partition coefficient (Wildman–Crippen LogP) is 1.37. The van der Waals surface area contributed by atoms with Gasteiger partial charge >= 0.3 is 0 Å². The predicted molar refractivity (Wildman–Crippen MR) is 46.5 cm³/mol. The molecule has 0 saturated heterocycles. The van der Waals surface area contributed by atoms with Crippen LogP contribution in [-0.2, 0) is 0 Å². The Hall–Kier alpha value is -1.66. The second kappa shape index (κ2) is 4.39. The molecular formula is C7H7FN3O2-. The fourth-order valence-corrected chi connectivity index (χ4v) is 0.801. The molecule has 1 rings (SSSR count). The molecule has 1 aromatic carbocycles. The second-order valence-corrected chi connectivity index (χ2v) is 2.15. The van der Waals surface area contributed by atoms with Crippen molar-refractivity contribution in [3.8, 4) is 0 Å². The van der Waals surface area contributed by atoms with Crippen LogP contribution in [0.3, 0.4) is 0 Å². The molecule has 0 spiro atoms. The Balaban J connectivity index is 2.99. The minimum Gasteiger partial charge on any atom is -0.761 e. The molecule has 0 heterocycles. The average Bonchev–Trinajstić information content (AvgIpc) is 2.16. The molecule has 5 nitrogen and oxygen atoms in total. The van der Waals surface area contributed by atoms with Crippen LogP contribution < -0.4 is 11.0 Å². The molecule has 0 aromatic heterocycles. The largest absolute Gasteiger partial charge is 0.761 e. The van der Waals surface area contributed by atoms with Crippen molar-refractivity contribution in [2.24, 2.45) is 4.99 Å². The second-order valence-electron chi connectivity index (χ2n) is 2.15. The molecule has 1 aromatic rings. The molecular weight excluding hydrogens is 177 g/mol. The Labute approximate surface area is 73.5 Å². The van der Waals surface area contributed by atoms with Crippen LogP contribution in [0.1, 0.15) is 0 Å². The molecule has 0 aliphatic heterocycles. The van der Waals surface area contributed by atoms with E-state index in [0.717, 1.165) is 18.5 Å². The van der Waals surface area contributed by atoms with Gasteiger partial charge in [-0.2, -0.15) is 0 Å². The van der Waals surface area contributed by atoms with Crippen molar-refractivity contribution in [1.29, 1.82) is 0 Å². The van der Waals surface area contributed by atoms with Crippen LogP contribution in [0.25, 0.3) is 0 Å². The van der Waals surface area contributed by atoms with Crippen molar-refractivity contribution in [3.05, 3.63) is 29.2 Å². The van der Waals surface area contributed by atoms with E-state index in [1.54, 1.807) is 5.48 Å². The molecule has 13 heavy (non-hydrogen) atoms. The summed E-state index contributed by atoms with van der Waals surface area (Å²) in [5.74, 6) is -0.533. The molecule has 0 unspecified atom stereocenters. The third kappa shape index (κ3) is 2.39. The Morgan fingerprint density at radius 3 is 2.92 bits per heavy atom. The summed E-state index contributed by atoms with van der Waals surface area (Å²) in [5.41, 5.74) is 3.44. The van der Waals surface area contributed by atoms with Crippen molar-refractivity contribution in [1.82, 2.24) is 5.48 Å². The van der Waals surface area contributed by atoms with E-state index in [1.165, 1.54) is 11.5 Å². The number of hydrogen-bond donors (Lipinski definition) is 3. The Bertz CT molecular complexity index is 317. The lowest BCUT2D eigenvalue weighted by molar-refractivity contribution is 0.240. The number of nitrogens with zero attached hydrogens (tertiary/aromatic N) is 1. The molecule has 0 radical (unpaired) electrons. The van der Waals surface area contributed by atoms with Gasteiger partial charge in [0.05, 0.1) is 11.4 Å². The van der Waals surface area contributed by atoms with Crippen molar-refractivity contribution in [3.63, 3.8) is 0 Å². The number of rotatable bonds is 3. The highest BCUT2D eigenvalue weighted by atomic mass is 19.1. The van der Waals surface area contributed by atoms with E-state index in [1.807, 2.05) is 0 Å². The van der Waals surface area contributed by atoms with Crippen molar-refractivity contribution < 1.29 is 9.60 Å². The summed E-state index contributed by atoms with van der Waals surface area (Å²) >= 11 is 0. The summed E-state index contributed by atoms with van der Waals surface area (Å²) in [5, 5.41) is 18.5. The number of benzene rings is 1. The fourth-order valence-electron chi connectivity index (χ4n) is 0.801. The van der Waals surface area contributed by atoms with Gasteiger partial charge in [-0.1, -0.05) is 0 Å². The minimum absolute atomic E-state index is 0.00602. The van der Waals surface area contributed by atoms with E-state index in [2.05, 4.69) is 4.99 Å². The summed E-state index contributed by atoms with van der Waals surface area (Å²) in [6, 6.07) is 3.48. The smallest absolute Gasteiger partial charge is 0.125 e. The van der Waals surface area contributed by atoms with E-state index in [4.69, 9.17) is 5.21 Å². The van der Waals surface area contributed by atoms with Gasteiger partial charge in [0.1, 0.15) is 12.2 Å².